The molecule has 1 amide bonds. The number of carbonyl (C=O) groups is 1. The molecule has 140 valence electrons. The van der Waals surface area contributed by atoms with Gasteiger partial charge in [-0.25, -0.2) is 0 Å². The highest BCUT2D eigenvalue weighted by Gasteiger charge is 2.41. The Bertz CT molecular complexity index is 1060. The summed E-state index contributed by atoms with van der Waals surface area (Å²) < 4.78 is 0.948. The highest BCUT2D eigenvalue weighted by Crippen LogP contribution is 2.45. The van der Waals surface area contributed by atoms with E-state index in [0.717, 1.165) is 21.2 Å². The number of aliphatic hydroxyl groups is 1. The maximum absolute atomic E-state index is 13.1. The largest absolute Gasteiger partial charge is 0.503 e. The van der Waals surface area contributed by atoms with Gasteiger partial charge < -0.3 is 5.11 Å². The van der Waals surface area contributed by atoms with E-state index in [1.165, 1.54) is 0 Å². The summed E-state index contributed by atoms with van der Waals surface area (Å²) >= 11 is 9.48. The number of hydrogen-bond donors (Lipinski definition) is 1. The van der Waals surface area contributed by atoms with Crippen LogP contribution in [0.25, 0.3) is 5.57 Å². The molecule has 1 atom stereocenters. The average Bonchev–Trinajstić information content (AvgIpc) is 2.95. The fourth-order valence-electron chi connectivity index (χ4n) is 3.46. The molecule has 0 aliphatic carbocycles. The SMILES string of the molecule is Cc1ccc(C2=C(O)C(=O)N(c3ccc(Cl)cc3)[C@H]2c2ccc(Br)cc2)cc1. The highest BCUT2D eigenvalue weighted by molar-refractivity contribution is 9.10. The molecule has 0 fully saturated rings. The average molecular weight is 455 g/mol. The molecule has 3 nitrogen and oxygen atoms in total. The Morgan fingerprint density at radius 1 is 0.929 bits per heavy atom. The first-order chi connectivity index (χ1) is 13.5. The first-order valence-corrected chi connectivity index (χ1v) is 9.97. The van der Waals surface area contributed by atoms with Gasteiger partial charge in [0.05, 0.1) is 6.04 Å². The van der Waals surface area contributed by atoms with Gasteiger partial charge in [-0.2, -0.15) is 0 Å². The Morgan fingerprint density at radius 2 is 1.54 bits per heavy atom. The van der Waals surface area contributed by atoms with Gasteiger partial charge in [0.15, 0.2) is 5.76 Å². The fraction of sp³-hybridized carbons (Fsp3) is 0.0870. The zero-order valence-electron chi connectivity index (χ0n) is 15.1. The second-order valence-corrected chi connectivity index (χ2v) is 8.09. The van der Waals surface area contributed by atoms with E-state index in [-0.39, 0.29) is 5.76 Å². The van der Waals surface area contributed by atoms with Crippen molar-refractivity contribution < 1.29 is 9.90 Å². The highest BCUT2D eigenvalue weighted by atomic mass is 79.9. The Balaban J connectivity index is 1.90. The number of amides is 1. The number of halogens is 2. The Morgan fingerprint density at radius 3 is 2.14 bits per heavy atom. The van der Waals surface area contributed by atoms with Crippen LogP contribution in [0.15, 0.2) is 83.0 Å². The minimum Gasteiger partial charge on any atom is -0.503 e. The van der Waals surface area contributed by atoms with Crippen LogP contribution in [0.4, 0.5) is 5.69 Å². The van der Waals surface area contributed by atoms with E-state index in [0.29, 0.717) is 16.3 Å². The minimum absolute atomic E-state index is 0.230. The predicted molar refractivity (Wildman–Crippen MR) is 117 cm³/mol. The molecule has 0 bridgehead atoms. The van der Waals surface area contributed by atoms with Crippen LogP contribution in [-0.2, 0) is 4.79 Å². The Kier molecular flexibility index (Phi) is 5.00. The van der Waals surface area contributed by atoms with Gasteiger partial charge >= 0.3 is 0 Å². The number of aryl methyl sites for hydroxylation is 1. The number of carbonyl (C=O) groups excluding carboxylic acids is 1. The second-order valence-electron chi connectivity index (χ2n) is 6.73. The van der Waals surface area contributed by atoms with E-state index in [4.69, 9.17) is 11.6 Å². The van der Waals surface area contributed by atoms with Gasteiger partial charge in [-0.1, -0.05) is 69.5 Å². The first-order valence-electron chi connectivity index (χ1n) is 8.80. The van der Waals surface area contributed by atoms with Crippen LogP contribution >= 0.6 is 27.5 Å². The van der Waals surface area contributed by atoms with E-state index in [9.17, 15) is 9.90 Å². The van der Waals surface area contributed by atoms with Gasteiger partial charge in [-0.3, -0.25) is 9.69 Å². The minimum atomic E-state index is -0.440. The van der Waals surface area contributed by atoms with Crippen LogP contribution in [0.3, 0.4) is 0 Å². The lowest BCUT2D eigenvalue weighted by Crippen LogP contribution is -2.30. The molecule has 3 aromatic rings. The number of aliphatic hydroxyl groups excluding tert-OH is 1. The van der Waals surface area contributed by atoms with Gasteiger partial charge in [-0.15, -0.1) is 0 Å². The van der Waals surface area contributed by atoms with Crippen molar-refractivity contribution in [1.29, 1.82) is 0 Å². The number of anilines is 1. The van der Waals surface area contributed by atoms with Gasteiger partial charge in [0.25, 0.3) is 5.91 Å². The van der Waals surface area contributed by atoms with Crippen LogP contribution < -0.4 is 4.90 Å². The third kappa shape index (κ3) is 3.34. The fourth-order valence-corrected chi connectivity index (χ4v) is 3.85. The third-order valence-corrected chi connectivity index (χ3v) is 5.64. The lowest BCUT2D eigenvalue weighted by molar-refractivity contribution is -0.117. The maximum Gasteiger partial charge on any atom is 0.294 e. The smallest absolute Gasteiger partial charge is 0.294 e. The zero-order chi connectivity index (χ0) is 19.8. The summed E-state index contributed by atoms with van der Waals surface area (Å²) in [6, 6.07) is 22.2. The second kappa shape index (κ2) is 7.46. The quantitative estimate of drug-likeness (QED) is 0.493. The van der Waals surface area contributed by atoms with E-state index in [2.05, 4.69) is 15.9 Å². The van der Waals surface area contributed by atoms with Gasteiger partial charge in [0.2, 0.25) is 0 Å². The first kappa shape index (κ1) is 18.8. The van der Waals surface area contributed by atoms with Gasteiger partial charge in [0, 0.05) is 20.8 Å². The number of nitrogens with zero attached hydrogens (tertiary/aromatic N) is 1. The van der Waals surface area contributed by atoms with Crippen LogP contribution in [0, 0.1) is 6.92 Å². The van der Waals surface area contributed by atoms with E-state index >= 15 is 0 Å². The Hall–Kier alpha value is -2.56. The summed E-state index contributed by atoms with van der Waals surface area (Å²) in [6.07, 6.45) is 0. The normalized spacial score (nSPS) is 16.8. The van der Waals surface area contributed by atoms with Crippen LogP contribution in [0.5, 0.6) is 0 Å². The topological polar surface area (TPSA) is 40.5 Å². The molecular formula is C23H17BrClNO2. The van der Waals surface area contributed by atoms with Crippen molar-refractivity contribution >= 4 is 44.7 Å². The summed E-state index contributed by atoms with van der Waals surface area (Å²) in [5, 5.41) is 11.4. The van der Waals surface area contributed by atoms with Crippen molar-refractivity contribution in [3.05, 3.63) is 105 Å². The summed E-state index contributed by atoms with van der Waals surface area (Å²) in [4.78, 5) is 14.7. The summed E-state index contributed by atoms with van der Waals surface area (Å²) in [6.45, 7) is 2.00. The monoisotopic (exact) mass is 453 g/mol. The molecule has 0 saturated heterocycles. The third-order valence-electron chi connectivity index (χ3n) is 4.86. The molecule has 0 unspecified atom stereocenters. The van der Waals surface area contributed by atoms with Crippen LogP contribution in [-0.4, -0.2) is 11.0 Å². The lowest BCUT2D eigenvalue weighted by atomic mass is 9.93. The zero-order valence-corrected chi connectivity index (χ0v) is 17.4. The van der Waals surface area contributed by atoms with E-state index in [1.807, 2.05) is 55.5 Å². The predicted octanol–water partition coefficient (Wildman–Crippen LogP) is 6.47. The Labute approximate surface area is 177 Å². The number of benzene rings is 3. The molecule has 28 heavy (non-hydrogen) atoms. The van der Waals surface area contributed by atoms with Crippen molar-refractivity contribution in [1.82, 2.24) is 0 Å². The van der Waals surface area contributed by atoms with Crippen molar-refractivity contribution in [2.75, 3.05) is 4.90 Å². The van der Waals surface area contributed by atoms with E-state index in [1.54, 1.807) is 29.2 Å². The molecule has 1 N–H and O–H groups in total. The van der Waals surface area contributed by atoms with Gasteiger partial charge in [0.1, 0.15) is 0 Å². The van der Waals surface area contributed by atoms with Crippen LogP contribution in [0.2, 0.25) is 5.02 Å². The number of rotatable bonds is 3. The standard InChI is InChI=1S/C23H17BrClNO2/c1-14-2-4-15(5-3-14)20-21(16-6-8-17(24)9-7-16)26(23(28)22(20)27)19-12-10-18(25)11-13-19/h2-13,21,27H,1H3/t21-/m0/s1. The molecule has 0 saturated carbocycles. The van der Waals surface area contributed by atoms with E-state index < -0.39 is 11.9 Å². The molecule has 1 aliphatic heterocycles. The number of hydrogen-bond acceptors (Lipinski definition) is 2. The van der Waals surface area contributed by atoms with Gasteiger partial charge in [-0.05, 0) is 54.4 Å². The maximum atomic E-state index is 13.1. The molecule has 0 aromatic heterocycles. The van der Waals surface area contributed by atoms with Crippen molar-refractivity contribution in [3.8, 4) is 0 Å². The molecule has 1 heterocycles. The molecule has 0 radical (unpaired) electrons. The summed E-state index contributed by atoms with van der Waals surface area (Å²) in [5.74, 6) is -0.655. The molecule has 4 rings (SSSR count). The summed E-state index contributed by atoms with van der Waals surface area (Å²) in [7, 11) is 0. The van der Waals surface area contributed by atoms with Crippen LogP contribution in [0.1, 0.15) is 22.7 Å². The summed E-state index contributed by atoms with van der Waals surface area (Å²) in [5.41, 5.74) is 4.12. The van der Waals surface area contributed by atoms with Crippen molar-refractivity contribution in [2.45, 2.75) is 13.0 Å². The molecule has 0 spiro atoms. The molecule has 1 aliphatic rings. The molecule has 5 heteroatoms. The molecule has 3 aromatic carbocycles. The van der Waals surface area contributed by atoms with Crippen molar-refractivity contribution in [3.63, 3.8) is 0 Å². The van der Waals surface area contributed by atoms with Crippen molar-refractivity contribution in [2.24, 2.45) is 0 Å². The lowest BCUT2D eigenvalue weighted by Gasteiger charge is -2.27. The molecular weight excluding hydrogens is 438 g/mol.